The van der Waals surface area contributed by atoms with Gasteiger partial charge in [-0.1, -0.05) is 55.6 Å². The summed E-state index contributed by atoms with van der Waals surface area (Å²) in [5.74, 6) is -1.85. The number of hydrogen-bond donors (Lipinski definition) is 0. The fourth-order valence-electron chi connectivity index (χ4n) is 1.68. The minimum absolute atomic E-state index is 0.192. The van der Waals surface area contributed by atoms with Crippen LogP contribution < -0.4 is 0 Å². The Morgan fingerprint density at radius 3 is 2.37 bits per heavy atom. The van der Waals surface area contributed by atoms with E-state index >= 15 is 0 Å². The SMILES string of the molecule is Cc1ccc(C(Br)c2cc(F)c(F)cc2Cl)cc1Br. The van der Waals surface area contributed by atoms with Crippen LogP contribution in [0.5, 0.6) is 0 Å². The van der Waals surface area contributed by atoms with Crippen LogP contribution in [0.2, 0.25) is 5.02 Å². The molecule has 5 heteroatoms. The van der Waals surface area contributed by atoms with Crippen LogP contribution in [0.15, 0.2) is 34.8 Å². The molecule has 2 aromatic carbocycles. The number of alkyl halides is 1. The van der Waals surface area contributed by atoms with Gasteiger partial charge in [0.15, 0.2) is 11.6 Å². The fraction of sp³-hybridized carbons (Fsp3) is 0.143. The maximum Gasteiger partial charge on any atom is 0.160 e. The predicted molar refractivity (Wildman–Crippen MR) is 81.0 cm³/mol. The van der Waals surface area contributed by atoms with Crippen LogP contribution in [0.3, 0.4) is 0 Å². The maximum atomic E-state index is 13.3. The zero-order valence-electron chi connectivity index (χ0n) is 9.85. The van der Waals surface area contributed by atoms with Gasteiger partial charge in [-0.05, 0) is 41.8 Å². The third kappa shape index (κ3) is 3.18. The van der Waals surface area contributed by atoms with Crippen LogP contribution in [0.1, 0.15) is 21.5 Å². The van der Waals surface area contributed by atoms with E-state index in [-0.39, 0.29) is 9.85 Å². The highest BCUT2D eigenvalue weighted by molar-refractivity contribution is 9.10. The van der Waals surface area contributed by atoms with Crippen LogP contribution in [0.4, 0.5) is 8.78 Å². The van der Waals surface area contributed by atoms with E-state index in [4.69, 9.17) is 11.6 Å². The number of benzene rings is 2. The smallest absolute Gasteiger partial charge is 0.160 e. The molecule has 1 unspecified atom stereocenters. The van der Waals surface area contributed by atoms with Crippen LogP contribution in [0.25, 0.3) is 0 Å². The van der Waals surface area contributed by atoms with E-state index in [2.05, 4.69) is 31.9 Å². The summed E-state index contributed by atoms with van der Waals surface area (Å²) < 4.78 is 27.3. The summed E-state index contributed by atoms with van der Waals surface area (Å²) in [6.45, 7) is 1.97. The molecule has 2 aromatic rings. The maximum absolute atomic E-state index is 13.3. The monoisotopic (exact) mass is 408 g/mol. The number of aryl methyl sites for hydroxylation is 1. The minimum atomic E-state index is -0.946. The lowest BCUT2D eigenvalue weighted by atomic mass is 10.0. The van der Waals surface area contributed by atoms with Gasteiger partial charge in [0, 0.05) is 9.50 Å². The summed E-state index contributed by atoms with van der Waals surface area (Å²) in [6.07, 6.45) is 0. The Morgan fingerprint density at radius 1 is 1.11 bits per heavy atom. The highest BCUT2D eigenvalue weighted by atomic mass is 79.9. The van der Waals surface area contributed by atoms with Gasteiger partial charge in [0.25, 0.3) is 0 Å². The topological polar surface area (TPSA) is 0 Å². The van der Waals surface area contributed by atoms with Crippen molar-refractivity contribution in [2.45, 2.75) is 11.8 Å². The van der Waals surface area contributed by atoms with Crippen molar-refractivity contribution in [1.82, 2.24) is 0 Å². The third-order valence-electron chi connectivity index (χ3n) is 2.80. The third-order valence-corrected chi connectivity index (χ3v) is 5.00. The molecule has 0 aliphatic rings. The Kier molecular flexibility index (Phi) is 4.64. The van der Waals surface area contributed by atoms with Gasteiger partial charge in [-0.25, -0.2) is 8.78 Å². The van der Waals surface area contributed by atoms with Gasteiger partial charge in [-0.15, -0.1) is 0 Å². The van der Waals surface area contributed by atoms with E-state index in [1.165, 1.54) is 0 Å². The molecule has 1 atom stereocenters. The lowest BCUT2D eigenvalue weighted by Gasteiger charge is -2.14. The summed E-state index contributed by atoms with van der Waals surface area (Å²) in [5.41, 5.74) is 2.50. The van der Waals surface area contributed by atoms with Gasteiger partial charge in [-0.3, -0.25) is 0 Å². The van der Waals surface area contributed by atoms with Gasteiger partial charge in [0.2, 0.25) is 0 Å². The van der Waals surface area contributed by atoms with Crippen molar-refractivity contribution in [3.05, 3.63) is 68.2 Å². The van der Waals surface area contributed by atoms with Crippen molar-refractivity contribution in [2.24, 2.45) is 0 Å². The Hall–Kier alpha value is -0.450. The van der Waals surface area contributed by atoms with Crippen LogP contribution in [-0.2, 0) is 0 Å². The van der Waals surface area contributed by atoms with E-state index < -0.39 is 11.6 Å². The molecule has 19 heavy (non-hydrogen) atoms. The average Bonchev–Trinajstić information content (AvgIpc) is 2.36. The molecule has 0 N–H and O–H groups in total. The molecule has 0 nitrogen and oxygen atoms in total. The second-order valence-corrected chi connectivity index (χ2v) is 6.34. The first-order valence-corrected chi connectivity index (χ1v) is 7.53. The zero-order chi connectivity index (χ0) is 14.2. The van der Waals surface area contributed by atoms with Gasteiger partial charge in [0.05, 0.1) is 4.83 Å². The van der Waals surface area contributed by atoms with Crippen molar-refractivity contribution in [2.75, 3.05) is 0 Å². The first-order chi connectivity index (χ1) is 8.90. The molecule has 0 saturated carbocycles. The minimum Gasteiger partial charge on any atom is -0.204 e. The molecular formula is C14H9Br2ClF2. The zero-order valence-corrected chi connectivity index (χ0v) is 13.8. The molecular weight excluding hydrogens is 401 g/mol. The highest BCUT2D eigenvalue weighted by Crippen LogP contribution is 2.37. The van der Waals surface area contributed by atoms with Crippen molar-refractivity contribution in [3.8, 4) is 0 Å². The molecule has 0 aliphatic carbocycles. The molecule has 0 saturated heterocycles. The Balaban J connectivity index is 2.46. The summed E-state index contributed by atoms with van der Waals surface area (Å²) in [4.78, 5) is -0.299. The first kappa shape index (κ1) is 14.9. The summed E-state index contributed by atoms with van der Waals surface area (Å²) in [5, 5.41) is 0.192. The second kappa shape index (κ2) is 5.90. The van der Waals surface area contributed by atoms with E-state index in [9.17, 15) is 8.78 Å². The van der Waals surface area contributed by atoms with Crippen molar-refractivity contribution >= 4 is 43.5 Å². The summed E-state index contributed by atoms with van der Waals surface area (Å²) in [6, 6.07) is 7.89. The molecule has 0 fully saturated rings. The van der Waals surface area contributed by atoms with Crippen molar-refractivity contribution < 1.29 is 8.78 Å². The fourth-order valence-corrected chi connectivity index (χ4v) is 3.13. The number of halogens is 5. The standard InChI is InChI=1S/C14H9Br2ClF2/c1-7-2-3-8(4-10(7)15)14(16)9-5-12(18)13(19)6-11(9)17/h2-6,14H,1H3. The number of rotatable bonds is 2. The normalized spacial score (nSPS) is 12.5. The lowest BCUT2D eigenvalue weighted by molar-refractivity contribution is 0.507. The summed E-state index contributed by atoms with van der Waals surface area (Å²) >= 11 is 12.9. The van der Waals surface area contributed by atoms with E-state index in [1.54, 1.807) is 0 Å². The quantitative estimate of drug-likeness (QED) is 0.410. The van der Waals surface area contributed by atoms with Crippen molar-refractivity contribution in [3.63, 3.8) is 0 Å². The second-order valence-electron chi connectivity index (χ2n) is 4.16. The largest absolute Gasteiger partial charge is 0.204 e. The van der Waals surface area contributed by atoms with Crippen LogP contribution in [0, 0.1) is 18.6 Å². The molecule has 0 aromatic heterocycles. The predicted octanol–water partition coefficient (Wildman–Crippen LogP) is 6.17. The van der Waals surface area contributed by atoms with Gasteiger partial charge in [0.1, 0.15) is 0 Å². The average molecular weight is 410 g/mol. The van der Waals surface area contributed by atoms with Gasteiger partial charge >= 0.3 is 0 Å². The Labute approximate surface area is 132 Å². The lowest BCUT2D eigenvalue weighted by Crippen LogP contribution is -1.97. The Bertz CT molecular complexity index is 629. The van der Waals surface area contributed by atoms with Gasteiger partial charge in [-0.2, -0.15) is 0 Å². The highest BCUT2D eigenvalue weighted by Gasteiger charge is 2.17. The molecule has 100 valence electrons. The molecule has 0 heterocycles. The summed E-state index contributed by atoms with van der Waals surface area (Å²) in [7, 11) is 0. The van der Waals surface area contributed by atoms with Crippen LogP contribution in [-0.4, -0.2) is 0 Å². The van der Waals surface area contributed by atoms with Gasteiger partial charge < -0.3 is 0 Å². The molecule has 0 radical (unpaired) electrons. The molecule has 0 bridgehead atoms. The molecule has 2 rings (SSSR count). The van der Waals surface area contributed by atoms with E-state index in [0.29, 0.717) is 5.56 Å². The first-order valence-electron chi connectivity index (χ1n) is 5.44. The number of hydrogen-bond acceptors (Lipinski definition) is 0. The van der Waals surface area contributed by atoms with Crippen LogP contribution >= 0.6 is 43.5 Å². The molecule has 0 aliphatic heterocycles. The van der Waals surface area contributed by atoms with E-state index in [1.807, 2.05) is 25.1 Å². The Morgan fingerprint density at radius 2 is 1.74 bits per heavy atom. The van der Waals surface area contributed by atoms with E-state index in [0.717, 1.165) is 27.7 Å². The van der Waals surface area contributed by atoms with Crippen molar-refractivity contribution in [1.29, 1.82) is 0 Å². The molecule has 0 amide bonds. The molecule has 0 spiro atoms.